The maximum Gasteiger partial charge on any atom is 0.276 e. The Morgan fingerprint density at radius 2 is 2.21 bits per heavy atom. The van der Waals surface area contributed by atoms with E-state index in [1.54, 1.807) is 13.2 Å². The van der Waals surface area contributed by atoms with Gasteiger partial charge in [0.05, 0.1) is 0 Å². The van der Waals surface area contributed by atoms with Crippen molar-refractivity contribution in [2.75, 3.05) is 27.2 Å². The van der Waals surface area contributed by atoms with Crippen LogP contribution in [-0.2, 0) is 11.3 Å². The molecule has 1 amide bonds. The average Bonchev–Trinajstić information content (AvgIpc) is 2.85. The molecular formula is C13H21N3O3. The Morgan fingerprint density at radius 1 is 1.47 bits per heavy atom. The molecule has 1 aliphatic heterocycles. The number of methoxy groups -OCH3 is 1. The second-order valence-electron chi connectivity index (χ2n) is 5.07. The van der Waals surface area contributed by atoms with Crippen molar-refractivity contribution in [3.8, 4) is 0 Å². The number of hydrogen-bond acceptors (Lipinski definition) is 5. The molecule has 2 atom stereocenters. The number of rotatable bonds is 3. The molecule has 0 bridgehead atoms. The molecule has 1 aliphatic rings. The Labute approximate surface area is 113 Å². The van der Waals surface area contributed by atoms with Gasteiger partial charge in [-0.05, 0) is 20.9 Å². The Bertz CT molecular complexity index is 446. The van der Waals surface area contributed by atoms with E-state index in [9.17, 15) is 4.79 Å². The lowest BCUT2D eigenvalue weighted by atomic mass is 10.0. The molecule has 1 aromatic heterocycles. The van der Waals surface area contributed by atoms with Gasteiger partial charge in [0, 0.05) is 38.3 Å². The highest BCUT2D eigenvalue weighted by Gasteiger charge is 2.33. The van der Waals surface area contributed by atoms with Crippen molar-refractivity contribution in [1.82, 2.24) is 15.0 Å². The van der Waals surface area contributed by atoms with E-state index in [4.69, 9.17) is 9.26 Å². The molecule has 1 fully saturated rings. The highest BCUT2D eigenvalue weighted by Crippen LogP contribution is 2.18. The molecule has 2 heterocycles. The molecule has 19 heavy (non-hydrogen) atoms. The van der Waals surface area contributed by atoms with Gasteiger partial charge in [-0.1, -0.05) is 5.16 Å². The van der Waals surface area contributed by atoms with Crippen molar-refractivity contribution in [1.29, 1.82) is 0 Å². The maximum atomic E-state index is 12.4. The lowest BCUT2D eigenvalue weighted by Gasteiger charge is -2.43. The van der Waals surface area contributed by atoms with Crippen LogP contribution in [0.25, 0.3) is 0 Å². The summed E-state index contributed by atoms with van der Waals surface area (Å²) in [5, 5.41) is 3.83. The minimum absolute atomic E-state index is 0.0708. The van der Waals surface area contributed by atoms with E-state index in [1.807, 2.05) is 4.90 Å². The Kier molecular flexibility index (Phi) is 4.21. The summed E-state index contributed by atoms with van der Waals surface area (Å²) in [5.41, 5.74) is 0.357. The Morgan fingerprint density at radius 3 is 2.89 bits per heavy atom. The average molecular weight is 267 g/mol. The largest absolute Gasteiger partial charge is 0.377 e. The van der Waals surface area contributed by atoms with Crippen LogP contribution in [0.4, 0.5) is 0 Å². The van der Waals surface area contributed by atoms with Crippen LogP contribution in [0.15, 0.2) is 10.6 Å². The number of amides is 1. The standard InChI is InChI=1S/C13H21N3O3/c1-9-10(2)16(6-5-15(9)3)13(17)12-7-11(8-18-4)19-14-12/h7,9-10H,5-6,8H2,1-4H3. The fourth-order valence-corrected chi connectivity index (χ4v) is 2.36. The predicted molar refractivity (Wildman–Crippen MR) is 69.8 cm³/mol. The normalized spacial score (nSPS) is 24.7. The van der Waals surface area contributed by atoms with Gasteiger partial charge in [0.25, 0.3) is 5.91 Å². The van der Waals surface area contributed by atoms with Crippen LogP contribution >= 0.6 is 0 Å². The van der Waals surface area contributed by atoms with Gasteiger partial charge in [0.1, 0.15) is 6.61 Å². The van der Waals surface area contributed by atoms with Crippen molar-refractivity contribution in [2.24, 2.45) is 0 Å². The molecule has 0 aromatic carbocycles. The van der Waals surface area contributed by atoms with Gasteiger partial charge in [0.2, 0.25) is 0 Å². The third-order valence-corrected chi connectivity index (χ3v) is 3.90. The molecule has 1 saturated heterocycles. The van der Waals surface area contributed by atoms with E-state index < -0.39 is 0 Å². The second kappa shape index (κ2) is 5.71. The van der Waals surface area contributed by atoms with Gasteiger partial charge in [-0.15, -0.1) is 0 Å². The smallest absolute Gasteiger partial charge is 0.276 e. The molecule has 0 radical (unpaired) electrons. The molecule has 6 nitrogen and oxygen atoms in total. The molecular weight excluding hydrogens is 246 g/mol. The summed E-state index contributed by atoms with van der Waals surface area (Å²) in [5.74, 6) is 0.499. The fraction of sp³-hybridized carbons (Fsp3) is 0.692. The number of piperazine rings is 1. The van der Waals surface area contributed by atoms with E-state index >= 15 is 0 Å². The van der Waals surface area contributed by atoms with Crippen molar-refractivity contribution in [3.05, 3.63) is 17.5 Å². The van der Waals surface area contributed by atoms with Gasteiger partial charge >= 0.3 is 0 Å². The third-order valence-electron chi connectivity index (χ3n) is 3.90. The fourth-order valence-electron chi connectivity index (χ4n) is 2.36. The van der Waals surface area contributed by atoms with Gasteiger partial charge < -0.3 is 14.2 Å². The summed E-state index contributed by atoms with van der Waals surface area (Å²) in [7, 11) is 3.66. The van der Waals surface area contributed by atoms with Crippen molar-refractivity contribution in [2.45, 2.75) is 32.5 Å². The molecule has 106 valence electrons. The van der Waals surface area contributed by atoms with Gasteiger partial charge in [0.15, 0.2) is 11.5 Å². The summed E-state index contributed by atoms with van der Waals surface area (Å²) >= 11 is 0. The first-order valence-corrected chi connectivity index (χ1v) is 6.50. The minimum Gasteiger partial charge on any atom is -0.377 e. The highest BCUT2D eigenvalue weighted by atomic mass is 16.5. The van der Waals surface area contributed by atoms with Crippen molar-refractivity contribution >= 4 is 5.91 Å². The van der Waals surface area contributed by atoms with Crippen LogP contribution in [0, 0.1) is 0 Å². The van der Waals surface area contributed by atoms with Gasteiger partial charge in [-0.3, -0.25) is 9.69 Å². The predicted octanol–water partition coefficient (Wildman–Crippen LogP) is 0.986. The van der Waals surface area contributed by atoms with Gasteiger partial charge in [-0.2, -0.15) is 0 Å². The molecule has 2 unspecified atom stereocenters. The molecule has 6 heteroatoms. The van der Waals surface area contributed by atoms with Crippen LogP contribution < -0.4 is 0 Å². The second-order valence-corrected chi connectivity index (χ2v) is 5.07. The van der Waals surface area contributed by atoms with Crippen LogP contribution in [0.5, 0.6) is 0 Å². The first-order valence-electron chi connectivity index (χ1n) is 6.50. The number of carbonyl (C=O) groups excluding carboxylic acids is 1. The lowest BCUT2D eigenvalue weighted by molar-refractivity contribution is 0.0355. The first kappa shape index (κ1) is 14.0. The van der Waals surface area contributed by atoms with Crippen LogP contribution in [0.2, 0.25) is 0 Å². The zero-order valence-electron chi connectivity index (χ0n) is 11.9. The summed E-state index contributed by atoms with van der Waals surface area (Å²) in [6, 6.07) is 2.15. The summed E-state index contributed by atoms with van der Waals surface area (Å²) in [4.78, 5) is 16.5. The van der Waals surface area contributed by atoms with E-state index in [2.05, 4.69) is 31.0 Å². The Balaban J connectivity index is 2.10. The monoisotopic (exact) mass is 267 g/mol. The lowest BCUT2D eigenvalue weighted by Crippen LogP contribution is -2.57. The zero-order valence-corrected chi connectivity index (χ0v) is 11.9. The number of ether oxygens (including phenoxy) is 1. The number of aromatic nitrogens is 1. The van der Waals surface area contributed by atoms with Crippen molar-refractivity contribution in [3.63, 3.8) is 0 Å². The van der Waals surface area contributed by atoms with Crippen molar-refractivity contribution < 1.29 is 14.1 Å². The molecule has 0 N–H and O–H groups in total. The molecule has 0 aliphatic carbocycles. The zero-order chi connectivity index (χ0) is 14.0. The van der Waals surface area contributed by atoms with E-state index in [1.165, 1.54) is 0 Å². The first-order chi connectivity index (χ1) is 9.04. The van der Waals surface area contributed by atoms with E-state index in [-0.39, 0.29) is 11.9 Å². The SMILES string of the molecule is COCc1cc(C(=O)N2CCN(C)C(C)C2C)no1. The quantitative estimate of drug-likeness (QED) is 0.817. The topological polar surface area (TPSA) is 58.8 Å². The maximum absolute atomic E-state index is 12.4. The molecule has 2 rings (SSSR count). The number of likely N-dealkylation sites (N-methyl/N-ethyl adjacent to an activating group) is 1. The van der Waals surface area contributed by atoms with E-state index in [0.717, 1.165) is 6.54 Å². The number of hydrogen-bond donors (Lipinski definition) is 0. The molecule has 0 saturated carbocycles. The number of nitrogens with zero attached hydrogens (tertiary/aromatic N) is 3. The van der Waals surface area contributed by atoms with Crippen LogP contribution in [0.3, 0.4) is 0 Å². The van der Waals surface area contributed by atoms with Gasteiger partial charge in [-0.25, -0.2) is 0 Å². The molecule has 1 aromatic rings. The van der Waals surface area contributed by atoms with Crippen LogP contribution in [0.1, 0.15) is 30.1 Å². The Hall–Kier alpha value is -1.40. The third kappa shape index (κ3) is 2.79. The minimum atomic E-state index is -0.0708. The summed E-state index contributed by atoms with van der Waals surface area (Å²) < 4.78 is 10.0. The van der Waals surface area contributed by atoms with Crippen LogP contribution in [-0.4, -0.2) is 60.2 Å². The summed E-state index contributed by atoms with van der Waals surface area (Å²) in [6.07, 6.45) is 0. The van der Waals surface area contributed by atoms with E-state index in [0.29, 0.717) is 30.6 Å². The summed E-state index contributed by atoms with van der Waals surface area (Å²) in [6.45, 7) is 6.11. The number of carbonyl (C=O) groups is 1. The highest BCUT2D eigenvalue weighted by molar-refractivity contribution is 5.92. The molecule has 0 spiro atoms.